The van der Waals surface area contributed by atoms with Crippen LogP contribution in [0, 0.1) is 5.92 Å². The normalized spacial score (nSPS) is 14.1. The molecule has 1 aliphatic carbocycles. The summed E-state index contributed by atoms with van der Waals surface area (Å²) in [5.41, 5.74) is 1.93. The number of ether oxygens (including phenoxy) is 1. The minimum Gasteiger partial charge on any atom is -0.376 e. The van der Waals surface area contributed by atoms with Crippen molar-refractivity contribution in [1.29, 1.82) is 0 Å². The summed E-state index contributed by atoms with van der Waals surface area (Å²) in [6.07, 6.45) is 2.61. The number of carbonyl (C=O) groups is 1. The van der Waals surface area contributed by atoms with Crippen LogP contribution in [0.5, 0.6) is 0 Å². The van der Waals surface area contributed by atoms with Gasteiger partial charge in [0.05, 0.1) is 6.61 Å². The third-order valence-electron chi connectivity index (χ3n) is 3.55. The maximum absolute atomic E-state index is 12.0. The summed E-state index contributed by atoms with van der Waals surface area (Å²) in [4.78, 5) is 13.7. The van der Waals surface area contributed by atoms with E-state index < -0.39 is 0 Å². The van der Waals surface area contributed by atoms with Crippen LogP contribution in [-0.2, 0) is 11.3 Å². The first-order valence-corrected chi connectivity index (χ1v) is 7.45. The van der Waals surface area contributed by atoms with Gasteiger partial charge in [0.2, 0.25) is 0 Å². The Balaban J connectivity index is 1.85. The van der Waals surface area contributed by atoms with Crippen molar-refractivity contribution < 1.29 is 9.53 Å². The Labute approximate surface area is 121 Å². The predicted octanol–water partition coefficient (Wildman–Crippen LogP) is 3.49. The molecule has 1 N–H and O–H groups in total. The van der Waals surface area contributed by atoms with E-state index in [1.54, 1.807) is 4.90 Å². The van der Waals surface area contributed by atoms with Crippen LogP contribution in [0.2, 0.25) is 0 Å². The van der Waals surface area contributed by atoms with Crippen LogP contribution in [-0.4, -0.2) is 30.6 Å². The molecule has 20 heavy (non-hydrogen) atoms. The summed E-state index contributed by atoms with van der Waals surface area (Å²) in [6, 6.07) is 7.82. The number of anilines is 1. The molecular formula is C16H24N2O2. The third-order valence-corrected chi connectivity index (χ3v) is 3.55. The highest BCUT2D eigenvalue weighted by atomic mass is 16.5. The Hall–Kier alpha value is -1.55. The molecule has 1 aromatic rings. The first-order chi connectivity index (χ1) is 9.72. The van der Waals surface area contributed by atoms with Crippen LogP contribution in [0.15, 0.2) is 24.3 Å². The Morgan fingerprint density at radius 2 is 2.10 bits per heavy atom. The second-order valence-corrected chi connectivity index (χ2v) is 5.26. The lowest BCUT2D eigenvalue weighted by molar-refractivity contribution is 0.111. The smallest absolute Gasteiger partial charge is 0.321 e. The van der Waals surface area contributed by atoms with Gasteiger partial charge in [0, 0.05) is 25.4 Å². The van der Waals surface area contributed by atoms with Gasteiger partial charge in [-0.2, -0.15) is 0 Å². The van der Waals surface area contributed by atoms with E-state index in [-0.39, 0.29) is 6.03 Å². The molecule has 1 aliphatic rings. The molecule has 0 atom stereocenters. The average Bonchev–Trinajstić information content (AvgIpc) is 3.25. The summed E-state index contributed by atoms with van der Waals surface area (Å²) in [6.45, 7) is 6.86. The van der Waals surface area contributed by atoms with Crippen LogP contribution in [0.4, 0.5) is 10.5 Å². The first-order valence-electron chi connectivity index (χ1n) is 7.45. The fourth-order valence-corrected chi connectivity index (χ4v) is 2.08. The Kier molecular flexibility index (Phi) is 5.41. The highest BCUT2D eigenvalue weighted by Crippen LogP contribution is 2.29. The molecule has 1 aromatic carbocycles. The largest absolute Gasteiger partial charge is 0.376 e. The number of nitrogens with zero attached hydrogens (tertiary/aromatic N) is 1. The zero-order valence-corrected chi connectivity index (χ0v) is 12.4. The lowest BCUT2D eigenvalue weighted by Crippen LogP contribution is -2.34. The van der Waals surface area contributed by atoms with Crippen LogP contribution < -0.4 is 5.32 Å². The fraction of sp³-hybridized carbons (Fsp3) is 0.562. The van der Waals surface area contributed by atoms with Gasteiger partial charge in [0.1, 0.15) is 0 Å². The Morgan fingerprint density at radius 1 is 1.35 bits per heavy atom. The van der Waals surface area contributed by atoms with Gasteiger partial charge < -0.3 is 15.0 Å². The van der Waals surface area contributed by atoms with Crippen molar-refractivity contribution in [3.05, 3.63) is 29.8 Å². The first kappa shape index (κ1) is 14.9. The molecule has 0 aromatic heterocycles. The number of benzene rings is 1. The standard InChI is InChI=1S/C16H24N2O2/c1-3-18(4-2)16(19)17-15-7-5-6-14(10-15)12-20-11-13-8-9-13/h5-7,10,13H,3-4,8-9,11-12H2,1-2H3,(H,17,19). The van der Waals surface area contributed by atoms with E-state index >= 15 is 0 Å². The van der Waals surface area contributed by atoms with Gasteiger partial charge in [-0.05, 0) is 50.3 Å². The third kappa shape index (κ3) is 4.53. The summed E-state index contributed by atoms with van der Waals surface area (Å²) < 4.78 is 5.67. The fourth-order valence-electron chi connectivity index (χ4n) is 2.08. The van der Waals surface area contributed by atoms with Gasteiger partial charge in [0.25, 0.3) is 0 Å². The second-order valence-electron chi connectivity index (χ2n) is 5.26. The van der Waals surface area contributed by atoms with Crippen LogP contribution in [0.1, 0.15) is 32.3 Å². The molecule has 1 fully saturated rings. The van der Waals surface area contributed by atoms with E-state index in [0.29, 0.717) is 19.7 Å². The number of hydrogen-bond acceptors (Lipinski definition) is 2. The Morgan fingerprint density at radius 3 is 2.75 bits per heavy atom. The quantitative estimate of drug-likeness (QED) is 0.828. The maximum atomic E-state index is 12.0. The molecule has 1 saturated carbocycles. The number of hydrogen-bond donors (Lipinski definition) is 1. The van der Waals surface area contributed by atoms with E-state index in [2.05, 4.69) is 5.32 Å². The molecule has 0 unspecified atom stereocenters. The van der Waals surface area contributed by atoms with E-state index in [4.69, 9.17) is 4.74 Å². The molecule has 4 heteroatoms. The van der Waals surface area contributed by atoms with Crippen LogP contribution >= 0.6 is 0 Å². The van der Waals surface area contributed by atoms with Crippen molar-refractivity contribution in [2.24, 2.45) is 5.92 Å². The molecule has 0 bridgehead atoms. The van der Waals surface area contributed by atoms with Gasteiger partial charge in [-0.1, -0.05) is 12.1 Å². The van der Waals surface area contributed by atoms with Crippen molar-refractivity contribution in [3.8, 4) is 0 Å². The molecule has 0 aliphatic heterocycles. The number of urea groups is 1. The minimum atomic E-state index is -0.0500. The summed E-state index contributed by atoms with van der Waals surface area (Å²) in [5.74, 6) is 0.778. The van der Waals surface area contributed by atoms with E-state index in [1.165, 1.54) is 12.8 Å². The van der Waals surface area contributed by atoms with Crippen molar-refractivity contribution in [3.63, 3.8) is 0 Å². The molecular weight excluding hydrogens is 252 g/mol. The second kappa shape index (κ2) is 7.29. The zero-order valence-electron chi connectivity index (χ0n) is 12.4. The van der Waals surface area contributed by atoms with Gasteiger partial charge in [-0.25, -0.2) is 4.79 Å². The number of amides is 2. The average molecular weight is 276 g/mol. The highest BCUT2D eigenvalue weighted by molar-refractivity contribution is 5.89. The molecule has 0 radical (unpaired) electrons. The molecule has 110 valence electrons. The Bertz CT molecular complexity index is 440. The van der Waals surface area contributed by atoms with Crippen molar-refractivity contribution in [1.82, 2.24) is 4.90 Å². The topological polar surface area (TPSA) is 41.6 Å². The van der Waals surface area contributed by atoms with Crippen molar-refractivity contribution in [2.75, 3.05) is 25.0 Å². The van der Waals surface area contributed by atoms with Gasteiger partial charge in [-0.15, -0.1) is 0 Å². The van der Waals surface area contributed by atoms with Gasteiger partial charge >= 0.3 is 6.03 Å². The molecule has 2 rings (SSSR count). The van der Waals surface area contributed by atoms with Gasteiger partial charge in [-0.3, -0.25) is 0 Å². The van der Waals surface area contributed by atoms with Gasteiger partial charge in [0.15, 0.2) is 0 Å². The van der Waals surface area contributed by atoms with E-state index in [0.717, 1.165) is 23.8 Å². The number of rotatable bonds is 7. The molecule has 0 heterocycles. The minimum absolute atomic E-state index is 0.0500. The number of nitrogens with one attached hydrogen (secondary N) is 1. The van der Waals surface area contributed by atoms with E-state index in [1.807, 2.05) is 38.1 Å². The molecule has 0 saturated heterocycles. The molecule has 4 nitrogen and oxygen atoms in total. The monoisotopic (exact) mass is 276 g/mol. The summed E-state index contributed by atoms with van der Waals surface area (Å²) in [5, 5.41) is 2.93. The van der Waals surface area contributed by atoms with E-state index in [9.17, 15) is 4.79 Å². The SMILES string of the molecule is CCN(CC)C(=O)Nc1cccc(COCC2CC2)c1. The lowest BCUT2D eigenvalue weighted by atomic mass is 10.2. The van der Waals surface area contributed by atoms with Crippen LogP contribution in [0.25, 0.3) is 0 Å². The van der Waals surface area contributed by atoms with Crippen molar-refractivity contribution in [2.45, 2.75) is 33.3 Å². The summed E-state index contributed by atoms with van der Waals surface area (Å²) >= 11 is 0. The molecule has 2 amide bonds. The van der Waals surface area contributed by atoms with Crippen LogP contribution in [0.3, 0.4) is 0 Å². The zero-order chi connectivity index (χ0) is 14.4. The van der Waals surface area contributed by atoms with Crippen molar-refractivity contribution >= 4 is 11.7 Å². The summed E-state index contributed by atoms with van der Waals surface area (Å²) in [7, 11) is 0. The molecule has 0 spiro atoms. The lowest BCUT2D eigenvalue weighted by Gasteiger charge is -2.19. The predicted molar refractivity (Wildman–Crippen MR) is 80.8 cm³/mol. The number of carbonyl (C=O) groups excluding carboxylic acids is 1. The highest BCUT2D eigenvalue weighted by Gasteiger charge is 2.21. The maximum Gasteiger partial charge on any atom is 0.321 e.